The van der Waals surface area contributed by atoms with Crippen LogP contribution in [0.4, 0.5) is 4.79 Å². The van der Waals surface area contributed by atoms with Gasteiger partial charge >= 0.3 is 6.09 Å². The zero-order chi connectivity index (χ0) is 39.4. The third-order valence-electron chi connectivity index (χ3n) is 10.3. The summed E-state index contributed by atoms with van der Waals surface area (Å²) in [6.45, 7) is 9.22. The average Bonchev–Trinajstić information content (AvgIpc) is 3.17. The van der Waals surface area contributed by atoms with E-state index in [2.05, 4.69) is 35.1 Å². The molecule has 0 aromatic carbocycles. The number of amides is 2. The summed E-state index contributed by atoms with van der Waals surface area (Å²) in [5.74, 6) is -0.0951. The van der Waals surface area contributed by atoms with Crippen LogP contribution in [0.3, 0.4) is 0 Å². The molecule has 0 radical (unpaired) electrons. The summed E-state index contributed by atoms with van der Waals surface area (Å²) < 4.78 is 5.79. The highest BCUT2D eigenvalue weighted by atomic mass is 16.6. The third kappa shape index (κ3) is 38.6. The van der Waals surface area contributed by atoms with Crippen LogP contribution in [0.1, 0.15) is 206 Å². The number of allylic oxidation sites excluding steroid dienone is 1. The quantitative estimate of drug-likeness (QED) is 0.0269. The molecule has 0 bridgehead atoms. The molecule has 0 fully saturated rings. The number of ether oxygens (including phenoxy) is 1. The van der Waals surface area contributed by atoms with Crippen molar-refractivity contribution < 1.29 is 19.4 Å². The zero-order valence-corrected chi connectivity index (χ0v) is 35.7. The van der Waals surface area contributed by atoms with Crippen molar-refractivity contribution in [2.75, 3.05) is 45.9 Å². The van der Waals surface area contributed by atoms with Crippen LogP contribution in [-0.4, -0.2) is 75.1 Å². The lowest BCUT2D eigenvalue weighted by molar-refractivity contribution is -0.123. The van der Waals surface area contributed by atoms with Gasteiger partial charge in [-0.05, 0) is 83.7 Å². The highest BCUT2D eigenvalue weighted by molar-refractivity contribution is 5.76. The highest BCUT2D eigenvalue weighted by Crippen LogP contribution is 2.15. The second kappa shape index (κ2) is 44.0. The first kappa shape index (κ1) is 52.3. The van der Waals surface area contributed by atoms with E-state index < -0.39 is 18.2 Å². The van der Waals surface area contributed by atoms with E-state index in [4.69, 9.17) is 10.5 Å². The number of hydrogen-bond acceptors (Lipinski definition) is 7. The van der Waals surface area contributed by atoms with Crippen molar-refractivity contribution >= 4 is 12.0 Å². The van der Waals surface area contributed by atoms with Crippen LogP contribution in [0.25, 0.3) is 0 Å². The van der Waals surface area contributed by atoms with Crippen molar-refractivity contribution in [1.29, 1.82) is 0 Å². The molecule has 2 amide bonds. The number of carbonyl (C=O) groups is 2. The van der Waals surface area contributed by atoms with E-state index in [9.17, 15) is 14.7 Å². The Kier molecular flexibility index (Phi) is 42.7. The second-order valence-electron chi connectivity index (χ2n) is 15.6. The Morgan fingerprint density at radius 1 is 0.574 bits per heavy atom. The minimum Gasteiger partial charge on any atom is -0.440 e. The van der Waals surface area contributed by atoms with Crippen molar-refractivity contribution in [3.05, 3.63) is 12.2 Å². The van der Waals surface area contributed by atoms with Gasteiger partial charge in [-0.25, -0.2) is 4.79 Å². The highest BCUT2D eigenvalue weighted by Gasteiger charge is 2.24. The van der Waals surface area contributed by atoms with Crippen molar-refractivity contribution in [3.8, 4) is 0 Å². The topological polar surface area (TPSA) is 138 Å². The number of unbranched alkanes of at least 4 members (excludes halogenated alkanes) is 24. The van der Waals surface area contributed by atoms with Gasteiger partial charge in [-0.1, -0.05) is 161 Å². The Labute approximate surface area is 334 Å². The number of nitrogens with one attached hydrogen (secondary N) is 4. The molecule has 0 aromatic rings. The van der Waals surface area contributed by atoms with Crippen molar-refractivity contribution in [2.45, 2.75) is 219 Å². The van der Waals surface area contributed by atoms with Gasteiger partial charge in [0.2, 0.25) is 5.91 Å². The van der Waals surface area contributed by atoms with E-state index in [1.165, 1.54) is 128 Å². The molecule has 0 aliphatic rings. The summed E-state index contributed by atoms with van der Waals surface area (Å²) in [5.41, 5.74) is 5.52. The number of nitrogens with two attached hydrogens (primary N) is 1. The largest absolute Gasteiger partial charge is 0.440 e. The number of hydrogen-bond donors (Lipinski definition) is 6. The molecule has 0 heterocycles. The molecule has 0 aliphatic carbocycles. The molecule has 0 aromatic heterocycles. The first-order valence-corrected chi connectivity index (χ1v) is 23.2. The van der Waals surface area contributed by atoms with E-state index in [1.54, 1.807) is 0 Å². The van der Waals surface area contributed by atoms with Gasteiger partial charge in [0.1, 0.15) is 6.10 Å². The van der Waals surface area contributed by atoms with Crippen LogP contribution < -0.4 is 27.0 Å². The monoisotopic (exact) mass is 766 g/mol. The summed E-state index contributed by atoms with van der Waals surface area (Å²) in [6, 6.07) is -0.676. The van der Waals surface area contributed by atoms with Crippen LogP contribution in [-0.2, 0) is 9.53 Å². The van der Waals surface area contributed by atoms with E-state index in [0.29, 0.717) is 13.0 Å². The molecule has 9 heteroatoms. The van der Waals surface area contributed by atoms with Gasteiger partial charge in [0.05, 0.1) is 12.6 Å². The molecule has 0 spiro atoms. The van der Waals surface area contributed by atoms with E-state index >= 15 is 0 Å². The standard InChI is InChI=1S/C45H91N5O4/c1-3-5-7-9-11-13-15-17-19-21-23-25-27-33-43(54-45(53)49-40-32-39-48-37-30-29-36-47-38-31-35-46)42(41-51)50-44(52)34-28-26-24-22-20-18-16-14-12-10-8-6-4-2/h27,33,42-43,47-48,51H,3-26,28-32,34-41,46H2,1-2H3,(H,49,53)(H,50,52)/b33-27+/t42-,43+/m0/s1. The summed E-state index contributed by atoms with van der Waals surface area (Å²) >= 11 is 0. The van der Waals surface area contributed by atoms with Crippen LogP contribution in [0.2, 0.25) is 0 Å². The number of alkyl carbamates (subject to hydrolysis) is 1. The lowest BCUT2D eigenvalue weighted by Gasteiger charge is -2.24. The third-order valence-corrected chi connectivity index (χ3v) is 10.3. The molecule has 0 rings (SSSR count). The van der Waals surface area contributed by atoms with E-state index in [-0.39, 0.29) is 12.5 Å². The van der Waals surface area contributed by atoms with Gasteiger partial charge in [-0.15, -0.1) is 0 Å². The summed E-state index contributed by atoms with van der Waals surface area (Å²) in [4.78, 5) is 25.7. The zero-order valence-electron chi connectivity index (χ0n) is 35.7. The van der Waals surface area contributed by atoms with Gasteiger partial charge in [0.25, 0.3) is 0 Å². The van der Waals surface area contributed by atoms with Gasteiger partial charge < -0.3 is 36.8 Å². The Morgan fingerprint density at radius 3 is 1.50 bits per heavy atom. The van der Waals surface area contributed by atoms with Crippen LogP contribution in [0, 0.1) is 0 Å². The predicted octanol–water partition coefficient (Wildman–Crippen LogP) is 10.00. The van der Waals surface area contributed by atoms with E-state index in [0.717, 1.165) is 90.5 Å². The fourth-order valence-electron chi connectivity index (χ4n) is 6.77. The summed E-state index contributed by atoms with van der Waals surface area (Å²) in [6.07, 6.45) is 38.7. The fourth-order valence-corrected chi connectivity index (χ4v) is 6.77. The molecule has 0 aliphatic heterocycles. The number of aliphatic hydroxyl groups excluding tert-OH is 1. The van der Waals surface area contributed by atoms with Gasteiger partial charge in [-0.3, -0.25) is 4.79 Å². The molecule has 54 heavy (non-hydrogen) atoms. The lowest BCUT2D eigenvalue weighted by Crippen LogP contribution is -2.48. The van der Waals surface area contributed by atoms with E-state index in [1.807, 2.05) is 12.2 Å². The Balaban J connectivity index is 4.53. The Morgan fingerprint density at radius 2 is 1.02 bits per heavy atom. The maximum Gasteiger partial charge on any atom is 0.407 e. The van der Waals surface area contributed by atoms with Gasteiger partial charge in [-0.2, -0.15) is 0 Å². The molecule has 320 valence electrons. The molecule has 9 nitrogen and oxygen atoms in total. The molecule has 0 unspecified atom stereocenters. The number of rotatable bonds is 43. The maximum atomic E-state index is 12.9. The van der Waals surface area contributed by atoms with Gasteiger partial charge in [0.15, 0.2) is 0 Å². The molecular weight excluding hydrogens is 675 g/mol. The fraction of sp³-hybridized carbons (Fsp3) is 0.911. The SMILES string of the molecule is CCCCCCCCCCCCC/C=C/[C@@H](OC(=O)NCCCNCCCCNCCCN)[C@H](CO)NC(=O)CCCCCCCCCCCCCCC. The molecule has 0 saturated carbocycles. The van der Waals surface area contributed by atoms with Crippen molar-refractivity contribution in [1.82, 2.24) is 21.3 Å². The molecule has 2 atom stereocenters. The normalized spacial score (nSPS) is 12.7. The minimum absolute atomic E-state index is 0.0951. The number of carbonyl (C=O) groups excluding carboxylic acids is 2. The lowest BCUT2D eigenvalue weighted by atomic mass is 10.0. The molecule has 0 saturated heterocycles. The van der Waals surface area contributed by atoms with Crippen LogP contribution in [0.15, 0.2) is 12.2 Å². The average molecular weight is 766 g/mol. The predicted molar refractivity (Wildman–Crippen MR) is 231 cm³/mol. The summed E-state index contributed by atoms with van der Waals surface area (Å²) in [7, 11) is 0. The van der Waals surface area contributed by atoms with Gasteiger partial charge in [0, 0.05) is 13.0 Å². The smallest absolute Gasteiger partial charge is 0.407 e. The maximum absolute atomic E-state index is 12.9. The van der Waals surface area contributed by atoms with Crippen LogP contribution >= 0.6 is 0 Å². The minimum atomic E-state index is -0.727. The Hall–Kier alpha value is -1.68. The molecular formula is C45H91N5O4. The first-order chi connectivity index (χ1) is 26.6. The van der Waals surface area contributed by atoms with Crippen molar-refractivity contribution in [2.24, 2.45) is 5.73 Å². The second-order valence-corrected chi connectivity index (χ2v) is 15.6. The number of aliphatic hydroxyl groups is 1. The van der Waals surface area contributed by atoms with Crippen LogP contribution in [0.5, 0.6) is 0 Å². The first-order valence-electron chi connectivity index (χ1n) is 23.2. The summed E-state index contributed by atoms with van der Waals surface area (Å²) in [5, 5.41) is 22.9. The molecule has 7 N–H and O–H groups in total. The van der Waals surface area contributed by atoms with Crippen molar-refractivity contribution in [3.63, 3.8) is 0 Å². The Bertz CT molecular complexity index is 815.